The van der Waals surface area contributed by atoms with Gasteiger partial charge in [0.1, 0.15) is 0 Å². The molecule has 0 saturated carbocycles. The monoisotopic (exact) mass is 285 g/mol. The molecule has 1 unspecified atom stereocenters. The van der Waals surface area contributed by atoms with Gasteiger partial charge in [-0.25, -0.2) is 0 Å². The number of likely N-dealkylation sites (tertiary alicyclic amines) is 1. The SMILES string of the molecule is CCN1CCC(N(C)C(=O)C(C(N)=S)C(C)C)CC1. The van der Waals surface area contributed by atoms with Crippen LogP contribution < -0.4 is 5.73 Å². The number of thiocarbonyl (C=S) groups is 1. The Morgan fingerprint density at radius 2 is 1.95 bits per heavy atom. The Labute approximate surface area is 122 Å². The summed E-state index contributed by atoms with van der Waals surface area (Å²) in [5.41, 5.74) is 5.73. The van der Waals surface area contributed by atoms with E-state index in [4.69, 9.17) is 18.0 Å². The maximum atomic E-state index is 12.5. The summed E-state index contributed by atoms with van der Waals surface area (Å²) in [6.07, 6.45) is 2.08. The molecule has 110 valence electrons. The van der Waals surface area contributed by atoms with Gasteiger partial charge in [0.2, 0.25) is 5.91 Å². The number of rotatable bonds is 5. The molecular formula is C14H27N3OS. The van der Waals surface area contributed by atoms with Gasteiger partial charge < -0.3 is 15.5 Å². The van der Waals surface area contributed by atoms with Gasteiger partial charge in [-0.05, 0) is 25.3 Å². The van der Waals surface area contributed by atoms with Gasteiger partial charge in [0.15, 0.2) is 0 Å². The molecule has 4 nitrogen and oxygen atoms in total. The van der Waals surface area contributed by atoms with Crippen molar-refractivity contribution in [3.8, 4) is 0 Å². The zero-order valence-corrected chi connectivity index (χ0v) is 13.4. The molecule has 1 rings (SSSR count). The number of carbonyl (C=O) groups excluding carboxylic acids is 1. The van der Waals surface area contributed by atoms with Gasteiger partial charge >= 0.3 is 0 Å². The molecule has 0 aromatic rings. The minimum Gasteiger partial charge on any atom is -0.393 e. The molecule has 1 saturated heterocycles. The van der Waals surface area contributed by atoms with Crippen molar-refractivity contribution in [2.45, 2.75) is 39.7 Å². The number of nitrogens with two attached hydrogens (primary N) is 1. The van der Waals surface area contributed by atoms with Gasteiger partial charge in [-0.2, -0.15) is 0 Å². The minimum absolute atomic E-state index is 0.0810. The molecule has 0 aromatic carbocycles. The van der Waals surface area contributed by atoms with Crippen LogP contribution in [0.15, 0.2) is 0 Å². The molecule has 0 aromatic heterocycles. The van der Waals surface area contributed by atoms with Crippen molar-refractivity contribution < 1.29 is 4.79 Å². The lowest BCUT2D eigenvalue weighted by atomic mass is 9.93. The van der Waals surface area contributed by atoms with Crippen LogP contribution in [0.25, 0.3) is 0 Å². The molecule has 0 radical (unpaired) electrons. The molecule has 1 aliphatic heterocycles. The Morgan fingerprint density at radius 1 is 1.42 bits per heavy atom. The Morgan fingerprint density at radius 3 is 2.32 bits per heavy atom. The molecule has 19 heavy (non-hydrogen) atoms. The third kappa shape index (κ3) is 4.14. The van der Waals surface area contributed by atoms with Crippen LogP contribution in [-0.2, 0) is 4.79 Å². The number of amides is 1. The summed E-state index contributed by atoms with van der Waals surface area (Å²) in [6, 6.07) is 0.325. The predicted molar refractivity (Wildman–Crippen MR) is 83.0 cm³/mol. The Hall–Kier alpha value is -0.680. The van der Waals surface area contributed by atoms with Crippen molar-refractivity contribution >= 4 is 23.1 Å². The molecule has 1 fully saturated rings. The second-order valence-corrected chi connectivity index (χ2v) is 6.21. The minimum atomic E-state index is -0.329. The van der Waals surface area contributed by atoms with E-state index in [1.165, 1.54) is 0 Å². The normalized spacial score (nSPS) is 19.4. The lowest BCUT2D eigenvalue weighted by Gasteiger charge is -2.38. The van der Waals surface area contributed by atoms with Crippen LogP contribution in [0.3, 0.4) is 0 Å². The molecule has 0 spiro atoms. The topological polar surface area (TPSA) is 49.6 Å². The van der Waals surface area contributed by atoms with Crippen LogP contribution >= 0.6 is 12.2 Å². The molecule has 1 aliphatic rings. The summed E-state index contributed by atoms with van der Waals surface area (Å²) in [7, 11) is 1.89. The van der Waals surface area contributed by atoms with Crippen LogP contribution in [-0.4, -0.2) is 53.4 Å². The van der Waals surface area contributed by atoms with E-state index in [0.29, 0.717) is 11.0 Å². The van der Waals surface area contributed by atoms with E-state index in [1.807, 2.05) is 25.8 Å². The van der Waals surface area contributed by atoms with E-state index in [2.05, 4.69) is 11.8 Å². The number of hydrogen-bond donors (Lipinski definition) is 1. The highest BCUT2D eigenvalue weighted by molar-refractivity contribution is 7.80. The van der Waals surface area contributed by atoms with E-state index in [9.17, 15) is 4.79 Å². The van der Waals surface area contributed by atoms with Crippen molar-refractivity contribution in [3.63, 3.8) is 0 Å². The molecule has 1 atom stereocenters. The summed E-state index contributed by atoms with van der Waals surface area (Å²) in [5, 5.41) is 0. The highest BCUT2D eigenvalue weighted by atomic mass is 32.1. The van der Waals surface area contributed by atoms with Gasteiger partial charge in [-0.3, -0.25) is 4.79 Å². The molecule has 5 heteroatoms. The maximum absolute atomic E-state index is 12.5. The smallest absolute Gasteiger partial charge is 0.232 e. The first kappa shape index (κ1) is 16.4. The summed E-state index contributed by atoms with van der Waals surface area (Å²) in [4.78, 5) is 17.1. The highest BCUT2D eigenvalue weighted by Crippen LogP contribution is 2.20. The number of piperidine rings is 1. The highest BCUT2D eigenvalue weighted by Gasteiger charge is 2.32. The second kappa shape index (κ2) is 7.20. The average molecular weight is 285 g/mol. The molecule has 0 bridgehead atoms. The van der Waals surface area contributed by atoms with Crippen molar-refractivity contribution in [1.29, 1.82) is 0 Å². The van der Waals surface area contributed by atoms with Crippen molar-refractivity contribution in [3.05, 3.63) is 0 Å². The summed E-state index contributed by atoms with van der Waals surface area (Å²) in [6.45, 7) is 9.39. The van der Waals surface area contributed by atoms with Gasteiger partial charge in [0, 0.05) is 26.2 Å². The number of carbonyl (C=O) groups is 1. The molecular weight excluding hydrogens is 258 g/mol. The predicted octanol–water partition coefficient (Wildman–Crippen LogP) is 1.49. The van der Waals surface area contributed by atoms with E-state index in [0.717, 1.165) is 32.5 Å². The molecule has 2 N–H and O–H groups in total. The van der Waals surface area contributed by atoms with E-state index >= 15 is 0 Å². The fourth-order valence-corrected chi connectivity index (χ4v) is 3.13. The van der Waals surface area contributed by atoms with E-state index in [1.54, 1.807) is 0 Å². The summed E-state index contributed by atoms with van der Waals surface area (Å²) < 4.78 is 0. The number of nitrogens with zero attached hydrogens (tertiary/aromatic N) is 2. The number of hydrogen-bond acceptors (Lipinski definition) is 3. The zero-order chi connectivity index (χ0) is 14.6. The lowest BCUT2D eigenvalue weighted by molar-refractivity contribution is -0.136. The van der Waals surface area contributed by atoms with Crippen molar-refractivity contribution in [2.24, 2.45) is 17.6 Å². The molecule has 1 heterocycles. The van der Waals surface area contributed by atoms with Gasteiger partial charge in [0.25, 0.3) is 0 Å². The van der Waals surface area contributed by atoms with Crippen molar-refractivity contribution in [1.82, 2.24) is 9.80 Å². The van der Waals surface area contributed by atoms with Crippen LogP contribution in [0.2, 0.25) is 0 Å². The van der Waals surface area contributed by atoms with E-state index < -0.39 is 0 Å². The van der Waals surface area contributed by atoms with Gasteiger partial charge in [-0.1, -0.05) is 33.0 Å². The van der Waals surface area contributed by atoms with Crippen molar-refractivity contribution in [2.75, 3.05) is 26.7 Å². The zero-order valence-electron chi connectivity index (χ0n) is 12.6. The standard InChI is InChI=1S/C14H27N3OS/c1-5-17-8-6-11(7-9-17)16(4)14(18)12(10(2)3)13(15)19/h10-12H,5-9H2,1-4H3,(H2,15,19). The first-order valence-electron chi connectivity index (χ1n) is 7.16. The lowest BCUT2D eigenvalue weighted by Crippen LogP contribution is -2.50. The third-order valence-corrected chi connectivity index (χ3v) is 4.39. The molecule has 0 aliphatic carbocycles. The van der Waals surface area contributed by atoms with Crippen LogP contribution in [0, 0.1) is 11.8 Å². The summed E-state index contributed by atoms with van der Waals surface area (Å²) >= 11 is 5.05. The fourth-order valence-electron chi connectivity index (χ4n) is 2.76. The quantitative estimate of drug-likeness (QED) is 0.778. The van der Waals surface area contributed by atoms with Crippen LogP contribution in [0.1, 0.15) is 33.6 Å². The van der Waals surface area contributed by atoms with Crippen LogP contribution in [0.5, 0.6) is 0 Å². The third-order valence-electron chi connectivity index (χ3n) is 4.14. The summed E-state index contributed by atoms with van der Waals surface area (Å²) in [5.74, 6) is -0.0927. The first-order chi connectivity index (χ1) is 8.88. The second-order valence-electron chi connectivity index (χ2n) is 5.74. The van der Waals surface area contributed by atoms with Gasteiger partial charge in [0.05, 0.1) is 10.9 Å². The largest absolute Gasteiger partial charge is 0.393 e. The Bertz CT molecular complexity index is 325. The Balaban J connectivity index is 2.64. The van der Waals surface area contributed by atoms with Gasteiger partial charge in [-0.15, -0.1) is 0 Å². The fraction of sp³-hybridized carbons (Fsp3) is 0.857. The Kier molecular flexibility index (Phi) is 6.20. The molecule has 1 amide bonds. The first-order valence-corrected chi connectivity index (χ1v) is 7.57. The maximum Gasteiger partial charge on any atom is 0.232 e. The van der Waals surface area contributed by atoms with E-state index in [-0.39, 0.29) is 17.7 Å². The average Bonchev–Trinajstić information content (AvgIpc) is 2.37. The van der Waals surface area contributed by atoms with Crippen LogP contribution in [0.4, 0.5) is 0 Å².